The first-order valence-corrected chi connectivity index (χ1v) is 5.87. The molecule has 0 atom stereocenters. The first-order valence-electron chi connectivity index (χ1n) is 5.87. The lowest BCUT2D eigenvalue weighted by atomic mass is 10.1. The van der Waals surface area contributed by atoms with Gasteiger partial charge in [-0.25, -0.2) is 4.98 Å². The molecule has 20 heavy (non-hydrogen) atoms. The standard InChI is InChI=1S/C14H10F3N3/c15-14(16,17)9-4-1-3-8(7-9)13-19-11-6-2-5-10(18)12(11)20-13/h1-7H,18H2,(H,19,20). The number of fused-ring (bicyclic) bond motifs is 1. The molecule has 0 saturated heterocycles. The third-order valence-electron chi connectivity index (χ3n) is 3.01. The molecule has 0 bridgehead atoms. The zero-order valence-corrected chi connectivity index (χ0v) is 10.2. The molecule has 0 aliphatic rings. The van der Waals surface area contributed by atoms with Crippen molar-refractivity contribution < 1.29 is 13.2 Å². The summed E-state index contributed by atoms with van der Waals surface area (Å²) in [6.45, 7) is 0. The number of nitrogens with two attached hydrogens (primary N) is 1. The molecular formula is C14H10F3N3. The van der Waals surface area contributed by atoms with Crippen LogP contribution in [-0.4, -0.2) is 9.97 Å². The Bertz CT molecular complexity index is 775. The topological polar surface area (TPSA) is 54.7 Å². The predicted molar refractivity (Wildman–Crippen MR) is 70.9 cm³/mol. The van der Waals surface area contributed by atoms with Crippen LogP contribution in [0, 0.1) is 0 Å². The summed E-state index contributed by atoms with van der Waals surface area (Å²) in [5.41, 5.74) is 7.18. The van der Waals surface area contributed by atoms with E-state index in [1.165, 1.54) is 6.07 Å². The maximum absolute atomic E-state index is 12.7. The highest BCUT2D eigenvalue weighted by Crippen LogP contribution is 2.32. The maximum Gasteiger partial charge on any atom is 0.416 e. The Balaban J connectivity index is 2.14. The van der Waals surface area contributed by atoms with Crippen LogP contribution in [0.2, 0.25) is 0 Å². The predicted octanol–water partition coefficient (Wildman–Crippen LogP) is 3.83. The van der Waals surface area contributed by atoms with Crippen molar-refractivity contribution in [2.75, 3.05) is 5.73 Å². The lowest BCUT2D eigenvalue weighted by Gasteiger charge is -2.07. The van der Waals surface area contributed by atoms with Gasteiger partial charge in [-0.05, 0) is 24.3 Å². The minimum absolute atomic E-state index is 0.365. The molecule has 1 aromatic heterocycles. The number of H-pyrrole nitrogens is 1. The molecule has 6 heteroatoms. The van der Waals surface area contributed by atoms with E-state index in [2.05, 4.69) is 9.97 Å². The SMILES string of the molecule is Nc1cccc2[nH]c(-c3cccc(C(F)(F)F)c3)nc12. The van der Waals surface area contributed by atoms with Crippen LogP contribution in [0.4, 0.5) is 18.9 Å². The summed E-state index contributed by atoms with van der Waals surface area (Å²) in [5.74, 6) is 0.365. The number of hydrogen-bond acceptors (Lipinski definition) is 2. The molecule has 2 aromatic carbocycles. The van der Waals surface area contributed by atoms with E-state index < -0.39 is 11.7 Å². The average Bonchev–Trinajstić information content (AvgIpc) is 2.83. The number of anilines is 1. The van der Waals surface area contributed by atoms with Crippen molar-refractivity contribution in [3.05, 3.63) is 48.0 Å². The quantitative estimate of drug-likeness (QED) is 0.664. The fourth-order valence-corrected chi connectivity index (χ4v) is 2.03. The fourth-order valence-electron chi connectivity index (χ4n) is 2.03. The van der Waals surface area contributed by atoms with E-state index in [1.807, 2.05) is 0 Å². The van der Waals surface area contributed by atoms with E-state index >= 15 is 0 Å². The van der Waals surface area contributed by atoms with Crippen molar-refractivity contribution in [3.63, 3.8) is 0 Å². The van der Waals surface area contributed by atoms with E-state index in [4.69, 9.17) is 5.73 Å². The number of nitrogens with one attached hydrogen (secondary N) is 1. The Kier molecular flexibility index (Phi) is 2.67. The summed E-state index contributed by atoms with van der Waals surface area (Å²) in [5, 5.41) is 0. The third-order valence-corrected chi connectivity index (χ3v) is 3.01. The van der Waals surface area contributed by atoms with Gasteiger partial charge in [0.2, 0.25) is 0 Å². The molecule has 102 valence electrons. The van der Waals surface area contributed by atoms with Crippen molar-refractivity contribution in [2.45, 2.75) is 6.18 Å². The number of aromatic nitrogens is 2. The van der Waals surface area contributed by atoms with Gasteiger partial charge in [-0.1, -0.05) is 18.2 Å². The van der Waals surface area contributed by atoms with Gasteiger partial charge in [0.25, 0.3) is 0 Å². The summed E-state index contributed by atoms with van der Waals surface area (Å²) >= 11 is 0. The smallest absolute Gasteiger partial charge is 0.397 e. The summed E-state index contributed by atoms with van der Waals surface area (Å²) in [6, 6.07) is 10.2. The minimum Gasteiger partial charge on any atom is -0.397 e. The van der Waals surface area contributed by atoms with Crippen molar-refractivity contribution in [2.24, 2.45) is 0 Å². The Morgan fingerprint density at radius 1 is 1.05 bits per heavy atom. The van der Waals surface area contributed by atoms with Gasteiger partial charge in [-0.15, -0.1) is 0 Å². The van der Waals surface area contributed by atoms with Crippen molar-refractivity contribution >= 4 is 16.7 Å². The summed E-state index contributed by atoms with van der Waals surface area (Å²) < 4.78 is 38.1. The van der Waals surface area contributed by atoms with E-state index in [9.17, 15) is 13.2 Å². The molecule has 0 amide bonds. The second-order valence-corrected chi connectivity index (χ2v) is 4.41. The van der Waals surface area contributed by atoms with Gasteiger partial charge >= 0.3 is 6.18 Å². The number of nitrogen functional groups attached to an aromatic ring is 1. The molecule has 0 unspecified atom stereocenters. The van der Waals surface area contributed by atoms with Crippen molar-refractivity contribution in [3.8, 4) is 11.4 Å². The average molecular weight is 277 g/mol. The molecular weight excluding hydrogens is 267 g/mol. The Morgan fingerprint density at radius 3 is 2.50 bits per heavy atom. The van der Waals surface area contributed by atoms with E-state index in [-0.39, 0.29) is 0 Å². The first kappa shape index (κ1) is 12.5. The molecule has 0 saturated carbocycles. The van der Waals surface area contributed by atoms with Crippen LogP contribution >= 0.6 is 0 Å². The van der Waals surface area contributed by atoms with E-state index in [1.54, 1.807) is 24.3 Å². The largest absolute Gasteiger partial charge is 0.416 e. The monoisotopic (exact) mass is 277 g/mol. The van der Waals surface area contributed by atoms with Gasteiger partial charge in [0.1, 0.15) is 11.3 Å². The number of hydrogen-bond donors (Lipinski definition) is 2. The summed E-state index contributed by atoms with van der Waals surface area (Å²) in [6.07, 6.45) is -4.37. The van der Waals surface area contributed by atoms with Crippen molar-refractivity contribution in [1.82, 2.24) is 9.97 Å². The van der Waals surface area contributed by atoms with E-state index in [0.717, 1.165) is 12.1 Å². The number of para-hydroxylation sites is 1. The zero-order valence-electron chi connectivity index (χ0n) is 10.2. The first-order chi connectivity index (χ1) is 9.45. The summed E-state index contributed by atoms with van der Waals surface area (Å²) in [4.78, 5) is 7.23. The molecule has 0 aliphatic heterocycles. The lowest BCUT2D eigenvalue weighted by Crippen LogP contribution is -2.04. The van der Waals surface area contributed by atoms with Crippen LogP contribution in [0.15, 0.2) is 42.5 Å². The number of nitrogens with zero attached hydrogens (tertiary/aromatic N) is 1. The van der Waals surface area contributed by atoms with Gasteiger partial charge in [0.15, 0.2) is 0 Å². The van der Waals surface area contributed by atoms with Crippen LogP contribution in [0.5, 0.6) is 0 Å². The molecule has 3 aromatic rings. The fraction of sp³-hybridized carbons (Fsp3) is 0.0714. The molecule has 0 aliphatic carbocycles. The Labute approximate surface area is 112 Å². The number of imidazole rings is 1. The molecule has 0 radical (unpaired) electrons. The number of aromatic amines is 1. The number of halogens is 3. The molecule has 3 rings (SSSR count). The normalized spacial score (nSPS) is 11.9. The molecule has 1 heterocycles. The third kappa shape index (κ3) is 2.09. The maximum atomic E-state index is 12.7. The Morgan fingerprint density at radius 2 is 1.80 bits per heavy atom. The number of alkyl halides is 3. The second-order valence-electron chi connectivity index (χ2n) is 4.41. The van der Waals surface area contributed by atoms with Crippen LogP contribution in [-0.2, 0) is 6.18 Å². The van der Waals surface area contributed by atoms with Crippen LogP contribution in [0.1, 0.15) is 5.56 Å². The van der Waals surface area contributed by atoms with E-state index in [0.29, 0.717) is 28.1 Å². The summed E-state index contributed by atoms with van der Waals surface area (Å²) in [7, 11) is 0. The highest BCUT2D eigenvalue weighted by molar-refractivity contribution is 5.89. The van der Waals surface area contributed by atoms with Crippen molar-refractivity contribution in [1.29, 1.82) is 0 Å². The van der Waals surface area contributed by atoms with Crippen LogP contribution in [0.25, 0.3) is 22.4 Å². The van der Waals surface area contributed by atoms with Gasteiger partial charge in [-0.2, -0.15) is 13.2 Å². The lowest BCUT2D eigenvalue weighted by molar-refractivity contribution is -0.137. The second kappa shape index (κ2) is 4.26. The van der Waals surface area contributed by atoms with Crippen LogP contribution < -0.4 is 5.73 Å². The van der Waals surface area contributed by atoms with Gasteiger partial charge in [0.05, 0.1) is 16.8 Å². The number of benzene rings is 2. The van der Waals surface area contributed by atoms with Gasteiger partial charge in [0, 0.05) is 5.56 Å². The molecule has 3 N–H and O–H groups in total. The molecule has 0 fully saturated rings. The molecule has 3 nitrogen and oxygen atoms in total. The van der Waals surface area contributed by atoms with Crippen LogP contribution in [0.3, 0.4) is 0 Å². The highest BCUT2D eigenvalue weighted by Gasteiger charge is 2.30. The van der Waals surface area contributed by atoms with Gasteiger partial charge in [-0.3, -0.25) is 0 Å². The minimum atomic E-state index is -4.37. The zero-order chi connectivity index (χ0) is 14.3. The Hall–Kier alpha value is -2.50. The highest BCUT2D eigenvalue weighted by atomic mass is 19.4. The molecule has 0 spiro atoms. The van der Waals surface area contributed by atoms with Gasteiger partial charge < -0.3 is 10.7 Å². The number of rotatable bonds is 1.